The molecule has 1 aromatic rings. The van der Waals surface area contributed by atoms with Crippen molar-refractivity contribution in [1.29, 1.82) is 0 Å². The summed E-state index contributed by atoms with van der Waals surface area (Å²) >= 11 is 0. The Kier molecular flexibility index (Phi) is 8.17. The standard InChI is InChI=1S/C10H14O.C3H7NO/c1-9-3-5-10(6-4-9)7-8-11-2;1-3(5)4-2/h3-6H,7-8H2,1-2H3;1-2H3,(H,4,5). The number of aryl methyl sites for hydroxylation is 1. The van der Waals surface area contributed by atoms with Gasteiger partial charge in [0.2, 0.25) is 5.91 Å². The van der Waals surface area contributed by atoms with Gasteiger partial charge >= 0.3 is 0 Å². The maximum atomic E-state index is 9.70. The Balaban J connectivity index is 0.000000385. The zero-order valence-electron chi connectivity index (χ0n) is 10.5. The Bertz CT molecular complexity index is 293. The number of amides is 1. The third-order valence-corrected chi connectivity index (χ3v) is 2.07. The van der Waals surface area contributed by atoms with Gasteiger partial charge in [-0.25, -0.2) is 0 Å². The molecule has 0 bridgehead atoms. The minimum Gasteiger partial charge on any atom is -0.384 e. The molecule has 0 radical (unpaired) electrons. The van der Waals surface area contributed by atoms with Gasteiger partial charge in [-0.05, 0) is 18.9 Å². The van der Waals surface area contributed by atoms with Crippen molar-refractivity contribution in [2.75, 3.05) is 20.8 Å². The quantitative estimate of drug-likeness (QED) is 0.850. The molecule has 1 aromatic carbocycles. The highest BCUT2D eigenvalue weighted by Gasteiger charge is 1.90. The Labute approximate surface area is 97.8 Å². The third kappa shape index (κ3) is 8.00. The lowest BCUT2D eigenvalue weighted by Gasteiger charge is -1.99. The molecule has 1 rings (SSSR count). The second-order valence-corrected chi connectivity index (χ2v) is 3.53. The van der Waals surface area contributed by atoms with Crippen LogP contribution in [0.1, 0.15) is 18.1 Å². The molecule has 3 nitrogen and oxygen atoms in total. The zero-order valence-corrected chi connectivity index (χ0v) is 10.5. The SMILES string of the molecule is CNC(C)=O.COCCc1ccc(C)cc1. The average molecular weight is 223 g/mol. The van der Waals surface area contributed by atoms with Gasteiger partial charge in [0.15, 0.2) is 0 Å². The van der Waals surface area contributed by atoms with Crippen LogP contribution in [0.5, 0.6) is 0 Å². The molecule has 0 aromatic heterocycles. The van der Waals surface area contributed by atoms with Crippen LogP contribution < -0.4 is 5.32 Å². The minimum absolute atomic E-state index is 0.00463. The van der Waals surface area contributed by atoms with E-state index in [1.807, 2.05) is 0 Å². The van der Waals surface area contributed by atoms with Gasteiger partial charge in [-0.1, -0.05) is 29.8 Å². The number of nitrogens with one attached hydrogen (secondary N) is 1. The smallest absolute Gasteiger partial charge is 0.216 e. The second-order valence-electron chi connectivity index (χ2n) is 3.53. The van der Waals surface area contributed by atoms with Crippen molar-refractivity contribution in [3.8, 4) is 0 Å². The van der Waals surface area contributed by atoms with E-state index >= 15 is 0 Å². The van der Waals surface area contributed by atoms with Gasteiger partial charge in [-0.2, -0.15) is 0 Å². The van der Waals surface area contributed by atoms with E-state index in [2.05, 4.69) is 36.5 Å². The summed E-state index contributed by atoms with van der Waals surface area (Å²) in [6.45, 7) is 4.38. The number of hydrogen-bond donors (Lipinski definition) is 1. The number of ether oxygens (including phenoxy) is 1. The Hall–Kier alpha value is -1.35. The molecule has 1 N–H and O–H groups in total. The number of rotatable bonds is 3. The van der Waals surface area contributed by atoms with Crippen molar-refractivity contribution in [3.05, 3.63) is 35.4 Å². The van der Waals surface area contributed by atoms with E-state index in [1.165, 1.54) is 18.1 Å². The summed E-state index contributed by atoms with van der Waals surface area (Å²) in [5.74, 6) is 0.00463. The molecule has 0 saturated heterocycles. The normalized spacial score (nSPS) is 9.00. The summed E-state index contributed by atoms with van der Waals surface area (Å²) in [6, 6.07) is 8.55. The largest absolute Gasteiger partial charge is 0.384 e. The second kappa shape index (κ2) is 8.92. The summed E-state index contributed by atoms with van der Waals surface area (Å²) in [6.07, 6.45) is 1.01. The monoisotopic (exact) mass is 223 g/mol. The summed E-state index contributed by atoms with van der Waals surface area (Å²) in [7, 11) is 3.33. The Morgan fingerprint density at radius 2 is 1.81 bits per heavy atom. The van der Waals surface area contributed by atoms with Gasteiger partial charge < -0.3 is 10.1 Å². The maximum Gasteiger partial charge on any atom is 0.216 e. The molecule has 0 aliphatic heterocycles. The average Bonchev–Trinajstić information content (AvgIpc) is 2.29. The van der Waals surface area contributed by atoms with Gasteiger partial charge in [-0.15, -0.1) is 0 Å². The maximum absolute atomic E-state index is 9.70. The molecule has 3 heteroatoms. The van der Waals surface area contributed by atoms with E-state index in [4.69, 9.17) is 4.74 Å². The lowest BCUT2D eigenvalue weighted by molar-refractivity contribution is -0.118. The first-order valence-electron chi connectivity index (χ1n) is 5.33. The van der Waals surface area contributed by atoms with Gasteiger partial charge in [0.25, 0.3) is 0 Å². The molecule has 0 fully saturated rings. The lowest BCUT2D eigenvalue weighted by Crippen LogP contribution is -2.11. The summed E-state index contributed by atoms with van der Waals surface area (Å²) in [5.41, 5.74) is 2.66. The van der Waals surface area contributed by atoms with Crippen LogP contribution in [0.25, 0.3) is 0 Å². The van der Waals surface area contributed by atoms with Crippen LogP contribution in [0, 0.1) is 6.92 Å². The van der Waals surface area contributed by atoms with Crippen LogP contribution in [0.4, 0.5) is 0 Å². The highest BCUT2D eigenvalue weighted by atomic mass is 16.5. The van der Waals surface area contributed by atoms with E-state index in [1.54, 1.807) is 14.2 Å². The van der Waals surface area contributed by atoms with Crippen molar-refractivity contribution >= 4 is 5.91 Å². The lowest BCUT2D eigenvalue weighted by atomic mass is 10.1. The Morgan fingerprint density at radius 1 is 1.31 bits per heavy atom. The highest BCUT2D eigenvalue weighted by Crippen LogP contribution is 2.03. The molecular formula is C13H21NO2. The summed E-state index contributed by atoms with van der Waals surface area (Å²) in [5, 5.41) is 2.39. The molecule has 16 heavy (non-hydrogen) atoms. The van der Waals surface area contributed by atoms with Crippen molar-refractivity contribution in [2.24, 2.45) is 0 Å². The van der Waals surface area contributed by atoms with Crippen LogP contribution in [0.2, 0.25) is 0 Å². The van der Waals surface area contributed by atoms with Crippen LogP contribution in [0.3, 0.4) is 0 Å². The number of hydrogen-bond acceptors (Lipinski definition) is 2. The van der Waals surface area contributed by atoms with E-state index < -0.39 is 0 Å². The first-order valence-corrected chi connectivity index (χ1v) is 5.33. The predicted octanol–water partition coefficient (Wildman–Crippen LogP) is 1.94. The van der Waals surface area contributed by atoms with Crippen molar-refractivity contribution in [1.82, 2.24) is 5.32 Å². The van der Waals surface area contributed by atoms with Crippen molar-refractivity contribution in [3.63, 3.8) is 0 Å². The van der Waals surface area contributed by atoms with Crippen LogP contribution in [0.15, 0.2) is 24.3 Å². The van der Waals surface area contributed by atoms with E-state index in [9.17, 15) is 4.79 Å². The Morgan fingerprint density at radius 3 is 2.19 bits per heavy atom. The fourth-order valence-electron chi connectivity index (χ4n) is 0.975. The van der Waals surface area contributed by atoms with Gasteiger partial charge in [0.05, 0.1) is 6.61 Å². The predicted molar refractivity (Wildman–Crippen MR) is 66.5 cm³/mol. The molecular weight excluding hydrogens is 202 g/mol. The minimum atomic E-state index is 0.00463. The summed E-state index contributed by atoms with van der Waals surface area (Å²) in [4.78, 5) is 9.70. The fraction of sp³-hybridized carbons (Fsp3) is 0.462. The third-order valence-electron chi connectivity index (χ3n) is 2.07. The molecule has 0 heterocycles. The van der Waals surface area contributed by atoms with Crippen molar-refractivity contribution in [2.45, 2.75) is 20.3 Å². The molecule has 0 aliphatic carbocycles. The van der Waals surface area contributed by atoms with E-state index in [-0.39, 0.29) is 5.91 Å². The molecule has 1 amide bonds. The van der Waals surface area contributed by atoms with Gasteiger partial charge in [-0.3, -0.25) is 4.79 Å². The molecule has 0 saturated carbocycles. The first-order chi connectivity index (χ1) is 7.60. The molecule has 0 unspecified atom stereocenters. The molecule has 0 atom stereocenters. The molecule has 0 aliphatic rings. The van der Waals surface area contributed by atoms with Crippen LogP contribution >= 0.6 is 0 Å². The fourth-order valence-corrected chi connectivity index (χ4v) is 0.975. The van der Waals surface area contributed by atoms with Gasteiger partial charge in [0.1, 0.15) is 0 Å². The number of methoxy groups -OCH3 is 1. The molecule has 0 spiro atoms. The number of carbonyl (C=O) groups is 1. The van der Waals surface area contributed by atoms with E-state index in [0.717, 1.165) is 13.0 Å². The summed E-state index contributed by atoms with van der Waals surface area (Å²) < 4.78 is 4.98. The van der Waals surface area contributed by atoms with Crippen LogP contribution in [-0.4, -0.2) is 26.7 Å². The van der Waals surface area contributed by atoms with Crippen molar-refractivity contribution < 1.29 is 9.53 Å². The van der Waals surface area contributed by atoms with E-state index in [0.29, 0.717) is 0 Å². The van der Waals surface area contributed by atoms with Crippen LogP contribution in [-0.2, 0) is 16.0 Å². The topological polar surface area (TPSA) is 38.3 Å². The first kappa shape index (κ1) is 14.6. The number of carbonyl (C=O) groups excluding carboxylic acids is 1. The number of benzene rings is 1. The van der Waals surface area contributed by atoms with Gasteiger partial charge in [0, 0.05) is 21.1 Å². The molecule has 90 valence electrons. The highest BCUT2D eigenvalue weighted by molar-refractivity contribution is 5.72. The zero-order chi connectivity index (χ0) is 12.4.